The second-order valence-electron chi connectivity index (χ2n) is 9.29. The third-order valence-electron chi connectivity index (χ3n) is 7.19. The van der Waals surface area contributed by atoms with Crippen molar-refractivity contribution in [3.8, 4) is 5.75 Å². The molecule has 180 valence electrons. The lowest BCUT2D eigenvalue weighted by atomic mass is 9.72. The summed E-state index contributed by atoms with van der Waals surface area (Å²) in [5.41, 5.74) is 7.38. The van der Waals surface area contributed by atoms with E-state index in [0.717, 1.165) is 18.2 Å². The molecule has 0 bridgehead atoms. The molecule has 0 saturated heterocycles. The predicted molar refractivity (Wildman–Crippen MR) is 126 cm³/mol. The number of pyridine rings is 2. The number of benzene rings is 1. The summed E-state index contributed by atoms with van der Waals surface area (Å²) in [6.45, 7) is 0. The van der Waals surface area contributed by atoms with Gasteiger partial charge in [0.2, 0.25) is 5.82 Å². The molecular formula is C26H29F2N3O3. The van der Waals surface area contributed by atoms with Gasteiger partial charge in [-0.05, 0) is 61.6 Å². The van der Waals surface area contributed by atoms with Crippen molar-refractivity contribution in [1.82, 2.24) is 9.97 Å². The normalized spacial score (nSPS) is 19.0. The maximum atomic E-state index is 12.6. The minimum atomic E-state index is -0.940. The van der Waals surface area contributed by atoms with Crippen molar-refractivity contribution in [2.24, 2.45) is 11.1 Å². The minimum absolute atomic E-state index is 0.0514. The summed E-state index contributed by atoms with van der Waals surface area (Å²) in [6, 6.07) is 7.19. The number of ether oxygens (including phenoxy) is 1. The summed E-state index contributed by atoms with van der Waals surface area (Å²) in [5, 5.41) is 0.305. The average Bonchev–Trinajstić information content (AvgIpc) is 3.24. The van der Waals surface area contributed by atoms with E-state index in [2.05, 4.69) is 14.7 Å². The highest BCUT2D eigenvalue weighted by Gasteiger charge is 2.40. The third-order valence-corrected chi connectivity index (χ3v) is 7.19. The molecule has 3 N–H and O–H groups in total. The number of halogens is 2. The van der Waals surface area contributed by atoms with Gasteiger partial charge in [0.15, 0.2) is 17.0 Å². The third kappa shape index (κ3) is 4.81. The molecule has 2 heterocycles. The summed E-state index contributed by atoms with van der Waals surface area (Å²) in [4.78, 5) is 31.4. The van der Waals surface area contributed by atoms with E-state index < -0.39 is 17.5 Å². The quantitative estimate of drug-likeness (QED) is 0.550. The van der Waals surface area contributed by atoms with Crippen molar-refractivity contribution >= 4 is 16.8 Å². The van der Waals surface area contributed by atoms with E-state index in [1.165, 1.54) is 70.4 Å². The van der Waals surface area contributed by atoms with Gasteiger partial charge in [-0.1, -0.05) is 25.3 Å². The Hall–Kier alpha value is -3.29. The largest absolute Gasteiger partial charge is 0.494 e. The zero-order valence-corrected chi connectivity index (χ0v) is 19.2. The van der Waals surface area contributed by atoms with E-state index >= 15 is 0 Å². The molecule has 2 aromatic heterocycles. The molecule has 5 rings (SSSR count). The number of hydrogen-bond acceptors (Lipinski definition) is 4. The molecule has 1 amide bonds. The number of nitrogens with one attached hydrogen (secondary N) is 1. The highest BCUT2D eigenvalue weighted by atomic mass is 19.2. The number of fused-ring (bicyclic) bond motifs is 1. The van der Waals surface area contributed by atoms with Gasteiger partial charge in [-0.15, -0.1) is 0 Å². The van der Waals surface area contributed by atoms with Crippen LogP contribution in [0.4, 0.5) is 8.78 Å². The van der Waals surface area contributed by atoms with Crippen LogP contribution in [0, 0.1) is 17.0 Å². The highest BCUT2D eigenvalue weighted by Crippen LogP contribution is 2.53. The lowest BCUT2D eigenvalue weighted by Crippen LogP contribution is -2.21. The van der Waals surface area contributed by atoms with Gasteiger partial charge in [-0.2, -0.15) is 4.39 Å². The molecule has 2 aliphatic carbocycles. The number of carbonyl (C=O) groups is 1. The van der Waals surface area contributed by atoms with Crippen LogP contribution in [-0.4, -0.2) is 23.0 Å². The van der Waals surface area contributed by atoms with Crippen molar-refractivity contribution in [1.29, 1.82) is 0 Å². The molecule has 1 unspecified atom stereocenters. The fraction of sp³-hybridized carbons (Fsp3) is 0.423. The first kappa shape index (κ1) is 23.9. The SMILES string of the molecule is COc1cccc(F)c1F.NC(=O)c1nccc2[nH]c(C3CCC4(CCCCC4)C3)cc(=O)c12. The number of H-pyrrole nitrogens is 1. The van der Waals surface area contributed by atoms with Crippen LogP contribution < -0.4 is 15.9 Å². The standard InChI is InChI=1S/C19H23N3O2.C7H6F2O/c20-18(24)17-16-13(5-9-21-17)22-14(10-15(16)23)12-4-8-19(11-12)6-2-1-3-7-19;1-10-6-4-2-3-5(8)7(6)9/h5,9-10,12H,1-4,6-8,11H2,(H2,20,24)(H,22,23);2-4H,1H3. The number of aromatic nitrogens is 2. The topological polar surface area (TPSA) is 98.1 Å². The molecule has 1 spiro atoms. The van der Waals surface area contributed by atoms with Crippen molar-refractivity contribution in [2.45, 2.75) is 57.3 Å². The summed E-state index contributed by atoms with van der Waals surface area (Å²) in [5.74, 6) is -2.16. The van der Waals surface area contributed by atoms with E-state index in [9.17, 15) is 18.4 Å². The zero-order valence-electron chi connectivity index (χ0n) is 19.2. The number of nitrogens with two attached hydrogens (primary N) is 1. The molecular weight excluding hydrogens is 440 g/mol. The molecule has 2 saturated carbocycles. The molecule has 0 radical (unpaired) electrons. The molecule has 34 heavy (non-hydrogen) atoms. The van der Waals surface area contributed by atoms with Crippen LogP contribution in [-0.2, 0) is 0 Å². The Morgan fingerprint density at radius 1 is 1.18 bits per heavy atom. The van der Waals surface area contributed by atoms with Gasteiger partial charge in [0.25, 0.3) is 5.91 Å². The summed E-state index contributed by atoms with van der Waals surface area (Å²) in [6.07, 6.45) is 11.8. The van der Waals surface area contributed by atoms with Gasteiger partial charge in [0.05, 0.1) is 18.0 Å². The van der Waals surface area contributed by atoms with Gasteiger partial charge < -0.3 is 15.5 Å². The first-order chi connectivity index (χ1) is 16.3. The van der Waals surface area contributed by atoms with Crippen molar-refractivity contribution < 1.29 is 18.3 Å². The molecule has 3 aromatic rings. The van der Waals surface area contributed by atoms with Crippen LogP contribution >= 0.6 is 0 Å². The van der Waals surface area contributed by atoms with Crippen LogP contribution in [0.2, 0.25) is 0 Å². The Morgan fingerprint density at radius 3 is 2.62 bits per heavy atom. The maximum Gasteiger partial charge on any atom is 0.268 e. The lowest BCUT2D eigenvalue weighted by Gasteiger charge is -2.33. The van der Waals surface area contributed by atoms with Crippen LogP contribution in [0.3, 0.4) is 0 Å². The van der Waals surface area contributed by atoms with Gasteiger partial charge >= 0.3 is 0 Å². The van der Waals surface area contributed by atoms with Gasteiger partial charge in [0, 0.05) is 18.0 Å². The zero-order chi connectivity index (χ0) is 24.3. The van der Waals surface area contributed by atoms with Crippen molar-refractivity contribution in [3.63, 3.8) is 0 Å². The maximum absolute atomic E-state index is 12.6. The fourth-order valence-corrected chi connectivity index (χ4v) is 5.50. The molecule has 2 aliphatic rings. The van der Waals surface area contributed by atoms with Crippen molar-refractivity contribution in [3.05, 3.63) is 69.8 Å². The number of nitrogens with zero attached hydrogens (tertiary/aromatic N) is 1. The number of carbonyl (C=O) groups excluding carboxylic acids is 1. The van der Waals surface area contributed by atoms with Crippen LogP contribution in [0.25, 0.3) is 10.9 Å². The van der Waals surface area contributed by atoms with E-state index in [4.69, 9.17) is 5.73 Å². The smallest absolute Gasteiger partial charge is 0.268 e. The molecule has 6 nitrogen and oxygen atoms in total. The van der Waals surface area contributed by atoms with Crippen LogP contribution in [0.5, 0.6) is 5.75 Å². The summed E-state index contributed by atoms with van der Waals surface area (Å²) >= 11 is 0. The highest BCUT2D eigenvalue weighted by molar-refractivity contribution is 6.03. The Balaban J connectivity index is 0.000000231. The minimum Gasteiger partial charge on any atom is -0.494 e. The van der Waals surface area contributed by atoms with Gasteiger partial charge in [-0.3, -0.25) is 14.6 Å². The predicted octanol–water partition coefficient (Wildman–Crippen LogP) is 5.21. The lowest BCUT2D eigenvalue weighted by molar-refractivity contribution is 0.0997. The van der Waals surface area contributed by atoms with E-state index in [0.29, 0.717) is 22.2 Å². The number of aromatic amines is 1. The van der Waals surface area contributed by atoms with E-state index in [-0.39, 0.29) is 16.9 Å². The van der Waals surface area contributed by atoms with Crippen molar-refractivity contribution in [2.75, 3.05) is 7.11 Å². The van der Waals surface area contributed by atoms with Crippen LogP contribution in [0.15, 0.2) is 41.3 Å². The Morgan fingerprint density at radius 2 is 1.94 bits per heavy atom. The second kappa shape index (κ2) is 9.91. The molecule has 2 fully saturated rings. The Labute approximate surface area is 196 Å². The van der Waals surface area contributed by atoms with E-state index in [1.54, 1.807) is 12.1 Å². The summed E-state index contributed by atoms with van der Waals surface area (Å²) in [7, 11) is 1.29. The molecule has 1 aromatic carbocycles. The molecule has 1 atom stereocenters. The molecule has 0 aliphatic heterocycles. The Bertz CT molecular complexity index is 1250. The molecule has 8 heteroatoms. The monoisotopic (exact) mass is 469 g/mol. The summed E-state index contributed by atoms with van der Waals surface area (Å²) < 4.78 is 29.3. The van der Waals surface area contributed by atoms with E-state index in [1.807, 2.05) is 0 Å². The first-order valence-electron chi connectivity index (χ1n) is 11.6. The number of methoxy groups -OCH3 is 1. The van der Waals surface area contributed by atoms with Gasteiger partial charge in [-0.25, -0.2) is 4.39 Å². The fourth-order valence-electron chi connectivity index (χ4n) is 5.50. The number of primary amides is 1. The van der Waals surface area contributed by atoms with Gasteiger partial charge in [0.1, 0.15) is 5.69 Å². The number of amides is 1. The second-order valence-corrected chi connectivity index (χ2v) is 9.29. The number of rotatable bonds is 3. The average molecular weight is 470 g/mol. The first-order valence-corrected chi connectivity index (χ1v) is 11.6. The number of hydrogen-bond donors (Lipinski definition) is 2. The van der Waals surface area contributed by atoms with Crippen LogP contribution in [0.1, 0.15) is 73.5 Å². The Kier molecular flexibility index (Phi) is 6.95.